The van der Waals surface area contributed by atoms with Crippen molar-refractivity contribution in [3.8, 4) is 0 Å². The van der Waals surface area contributed by atoms with Crippen LogP contribution < -0.4 is 5.32 Å². The highest BCUT2D eigenvalue weighted by molar-refractivity contribution is 6.64. The summed E-state index contributed by atoms with van der Waals surface area (Å²) in [6, 6.07) is 1.08. The SMILES string of the molecule is CCCCCNCC[Si](O)(O)CC. The van der Waals surface area contributed by atoms with Crippen LogP contribution in [-0.4, -0.2) is 31.2 Å². The Hall–Kier alpha value is 0.0969. The second-order valence-corrected chi connectivity index (χ2v) is 6.72. The van der Waals surface area contributed by atoms with Crippen LogP contribution in [0.1, 0.15) is 33.1 Å². The zero-order chi connectivity index (χ0) is 10.2. The van der Waals surface area contributed by atoms with Crippen molar-refractivity contribution in [3.63, 3.8) is 0 Å². The van der Waals surface area contributed by atoms with E-state index in [0.717, 1.165) is 13.1 Å². The van der Waals surface area contributed by atoms with Gasteiger partial charge in [-0.15, -0.1) is 0 Å². The van der Waals surface area contributed by atoms with E-state index in [4.69, 9.17) is 0 Å². The van der Waals surface area contributed by atoms with E-state index in [1.807, 2.05) is 6.92 Å². The largest absolute Gasteiger partial charge is 0.411 e. The third-order valence-electron chi connectivity index (χ3n) is 2.23. The van der Waals surface area contributed by atoms with E-state index in [1.165, 1.54) is 19.3 Å². The van der Waals surface area contributed by atoms with Gasteiger partial charge in [0.05, 0.1) is 0 Å². The molecule has 0 aliphatic carbocycles. The summed E-state index contributed by atoms with van der Waals surface area (Å²) in [7, 11) is -2.81. The first-order chi connectivity index (χ1) is 6.12. The van der Waals surface area contributed by atoms with E-state index in [2.05, 4.69) is 12.2 Å². The zero-order valence-electron chi connectivity index (χ0n) is 8.84. The standard InChI is InChI=1S/C9H23NO2Si/c1-3-5-6-7-10-8-9-13(11,12)4-2/h10-12H,3-9H2,1-2H3. The molecule has 0 radical (unpaired) electrons. The quantitative estimate of drug-likeness (QED) is 0.412. The molecule has 3 N–H and O–H groups in total. The molecule has 13 heavy (non-hydrogen) atoms. The van der Waals surface area contributed by atoms with Crippen molar-refractivity contribution in [2.45, 2.75) is 45.2 Å². The molecule has 0 spiro atoms. The molecule has 0 bridgehead atoms. The molecule has 0 saturated heterocycles. The normalized spacial score (nSPS) is 12.0. The minimum atomic E-state index is -2.81. The fourth-order valence-corrected chi connectivity index (χ4v) is 2.02. The van der Waals surface area contributed by atoms with Gasteiger partial charge in [0.2, 0.25) is 0 Å². The van der Waals surface area contributed by atoms with Gasteiger partial charge in [0.25, 0.3) is 0 Å². The Kier molecular flexibility index (Phi) is 7.55. The Morgan fingerprint density at radius 2 is 1.77 bits per heavy atom. The predicted octanol–water partition coefficient (Wildman–Crippen LogP) is 1.21. The van der Waals surface area contributed by atoms with Gasteiger partial charge < -0.3 is 14.9 Å². The van der Waals surface area contributed by atoms with Gasteiger partial charge >= 0.3 is 8.56 Å². The van der Waals surface area contributed by atoms with Gasteiger partial charge in [-0.05, 0) is 25.6 Å². The summed E-state index contributed by atoms with van der Waals surface area (Å²) in [5, 5.41) is 3.23. The molecule has 0 atom stereocenters. The Labute approximate surface area is 82.4 Å². The van der Waals surface area contributed by atoms with Gasteiger partial charge in [-0.25, -0.2) is 0 Å². The highest BCUT2D eigenvalue weighted by atomic mass is 28.4. The first kappa shape index (κ1) is 13.1. The van der Waals surface area contributed by atoms with E-state index in [9.17, 15) is 9.59 Å². The number of nitrogens with one attached hydrogen (secondary N) is 1. The van der Waals surface area contributed by atoms with E-state index < -0.39 is 8.56 Å². The predicted molar refractivity (Wildman–Crippen MR) is 57.9 cm³/mol. The van der Waals surface area contributed by atoms with Gasteiger partial charge in [-0.1, -0.05) is 26.7 Å². The minimum absolute atomic E-state index is 0.531. The number of hydrogen-bond donors (Lipinski definition) is 3. The molecule has 0 unspecified atom stereocenters. The molecule has 0 aliphatic heterocycles. The van der Waals surface area contributed by atoms with Gasteiger partial charge in [0.1, 0.15) is 0 Å². The van der Waals surface area contributed by atoms with Crippen LogP contribution in [0.4, 0.5) is 0 Å². The zero-order valence-corrected chi connectivity index (χ0v) is 9.84. The van der Waals surface area contributed by atoms with Crippen molar-refractivity contribution in [1.29, 1.82) is 0 Å². The van der Waals surface area contributed by atoms with Crippen LogP contribution in [0.25, 0.3) is 0 Å². The Balaban J connectivity index is 3.16. The maximum atomic E-state index is 9.38. The van der Waals surface area contributed by atoms with Gasteiger partial charge in [-0.3, -0.25) is 0 Å². The first-order valence-electron chi connectivity index (χ1n) is 5.28. The van der Waals surface area contributed by atoms with Crippen LogP contribution in [0.2, 0.25) is 12.1 Å². The number of unbranched alkanes of at least 4 members (excludes halogenated alkanes) is 2. The third-order valence-corrected chi connectivity index (χ3v) is 4.41. The molecule has 0 aromatic carbocycles. The van der Waals surface area contributed by atoms with E-state index in [1.54, 1.807) is 0 Å². The van der Waals surface area contributed by atoms with Crippen LogP contribution in [0.5, 0.6) is 0 Å². The van der Waals surface area contributed by atoms with Gasteiger partial charge in [-0.2, -0.15) is 0 Å². The molecule has 80 valence electrons. The molecule has 3 nitrogen and oxygen atoms in total. The lowest BCUT2D eigenvalue weighted by Crippen LogP contribution is -2.37. The summed E-state index contributed by atoms with van der Waals surface area (Å²) >= 11 is 0. The van der Waals surface area contributed by atoms with Gasteiger partial charge in [0, 0.05) is 6.04 Å². The van der Waals surface area contributed by atoms with Crippen molar-refractivity contribution >= 4 is 8.56 Å². The fraction of sp³-hybridized carbons (Fsp3) is 1.00. The van der Waals surface area contributed by atoms with Crippen molar-refractivity contribution in [3.05, 3.63) is 0 Å². The molecule has 0 heterocycles. The van der Waals surface area contributed by atoms with Crippen LogP contribution in [-0.2, 0) is 0 Å². The number of rotatable bonds is 8. The van der Waals surface area contributed by atoms with E-state index in [0.29, 0.717) is 12.1 Å². The maximum absolute atomic E-state index is 9.38. The minimum Gasteiger partial charge on any atom is -0.411 e. The summed E-state index contributed by atoms with van der Waals surface area (Å²) in [4.78, 5) is 18.8. The molecule has 0 saturated carbocycles. The Bertz CT molecular complexity index is 120. The molecule has 0 aliphatic rings. The lowest BCUT2D eigenvalue weighted by molar-refractivity contribution is 0.358. The fourth-order valence-electron chi connectivity index (χ4n) is 1.09. The molecule has 0 aromatic heterocycles. The maximum Gasteiger partial charge on any atom is 0.333 e. The van der Waals surface area contributed by atoms with Crippen LogP contribution >= 0.6 is 0 Å². The molecule has 4 heteroatoms. The van der Waals surface area contributed by atoms with Crippen LogP contribution in [0.3, 0.4) is 0 Å². The second-order valence-electron chi connectivity index (χ2n) is 3.54. The molecule has 0 amide bonds. The molecular formula is C9H23NO2Si. The monoisotopic (exact) mass is 205 g/mol. The van der Waals surface area contributed by atoms with Crippen molar-refractivity contribution in [1.82, 2.24) is 5.32 Å². The topological polar surface area (TPSA) is 52.5 Å². The van der Waals surface area contributed by atoms with Crippen molar-refractivity contribution < 1.29 is 9.59 Å². The first-order valence-corrected chi connectivity index (χ1v) is 7.58. The molecule has 0 rings (SSSR count). The molecule has 0 aromatic rings. The van der Waals surface area contributed by atoms with Crippen molar-refractivity contribution in [2.75, 3.05) is 13.1 Å². The lowest BCUT2D eigenvalue weighted by atomic mass is 10.2. The highest BCUT2D eigenvalue weighted by Crippen LogP contribution is 2.05. The van der Waals surface area contributed by atoms with E-state index in [-0.39, 0.29) is 0 Å². The molecule has 0 fully saturated rings. The Morgan fingerprint density at radius 1 is 1.08 bits per heavy atom. The average molecular weight is 205 g/mol. The average Bonchev–Trinajstić information content (AvgIpc) is 2.11. The third kappa shape index (κ3) is 8.43. The summed E-state index contributed by atoms with van der Waals surface area (Å²) in [5.74, 6) is 0. The smallest absolute Gasteiger partial charge is 0.333 e. The summed E-state index contributed by atoms with van der Waals surface area (Å²) in [6.07, 6.45) is 3.67. The summed E-state index contributed by atoms with van der Waals surface area (Å²) in [6.45, 7) is 5.76. The summed E-state index contributed by atoms with van der Waals surface area (Å²) in [5.41, 5.74) is 0. The molecular weight excluding hydrogens is 182 g/mol. The second kappa shape index (κ2) is 7.50. The van der Waals surface area contributed by atoms with E-state index >= 15 is 0 Å². The lowest BCUT2D eigenvalue weighted by Gasteiger charge is -2.15. The Morgan fingerprint density at radius 3 is 2.31 bits per heavy atom. The van der Waals surface area contributed by atoms with Crippen LogP contribution in [0, 0.1) is 0 Å². The summed E-state index contributed by atoms with van der Waals surface area (Å²) < 4.78 is 0. The van der Waals surface area contributed by atoms with Gasteiger partial charge in [0.15, 0.2) is 0 Å². The van der Waals surface area contributed by atoms with Crippen molar-refractivity contribution in [2.24, 2.45) is 0 Å². The highest BCUT2D eigenvalue weighted by Gasteiger charge is 2.24. The van der Waals surface area contributed by atoms with Crippen LogP contribution in [0.15, 0.2) is 0 Å². The number of hydrogen-bond acceptors (Lipinski definition) is 3.